The molecule has 0 amide bonds. The van der Waals surface area contributed by atoms with Crippen molar-refractivity contribution < 1.29 is 8.78 Å². The SMILES string of the molecule is Fc1ccc(N2C(Cl)=C(Br)C=NC2Cl)c(F)c1. The van der Waals surface area contributed by atoms with Gasteiger partial charge in [-0.3, -0.25) is 9.89 Å². The second-order valence-electron chi connectivity index (χ2n) is 3.19. The smallest absolute Gasteiger partial charge is 0.202 e. The molecule has 1 aliphatic rings. The van der Waals surface area contributed by atoms with E-state index in [4.69, 9.17) is 23.2 Å². The molecule has 17 heavy (non-hydrogen) atoms. The zero-order chi connectivity index (χ0) is 12.6. The van der Waals surface area contributed by atoms with Crippen molar-refractivity contribution in [1.82, 2.24) is 0 Å². The maximum Gasteiger partial charge on any atom is 0.202 e. The third-order valence-corrected chi connectivity index (χ3v) is 3.60. The van der Waals surface area contributed by atoms with Gasteiger partial charge in [0.05, 0.1) is 10.2 Å². The number of benzene rings is 1. The molecule has 0 spiro atoms. The third kappa shape index (κ3) is 2.46. The lowest BCUT2D eigenvalue weighted by Gasteiger charge is -2.29. The molecule has 1 aromatic rings. The van der Waals surface area contributed by atoms with Gasteiger partial charge in [0, 0.05) is 12.3 Å². The fourth-order valence-corrected chi connectivity index (χ4v) is 2.20. The van der Waals surface area contributed by atoms with E-state index in [1.54, 1.807) is 0 Å². The van der Waals surface area contributed by atoms with Crippen LogP contribution in [0.15, 0.2) is 32.8 Å². The average molecular weight is 342 g/mol. The summed E-state index contributed by atoms with van der Waals surface area (Å²) in [5.41, 5.74) is -0.811. The zero-order valence-corrected chi connectivity index (χ0v) is 11.3. The molecule has 0 fully saturated rings. The van der Waals surface area contributed by atoms with Gasteiger partial charge < -0.3 is 0 Å². The average Bonchev–Trinajstić information content (AvgIpc) is 2.27. The van der Waals surface area contributed by atoms with E-state index in [-0.39, 0.29) is 10.8 Å². The topological polar surface area (TPSA) is 15.6 Å². The maximum atomic E-state index is 13.6. The Morgan fingerprint density at radius 3 is 2.71 bits per heavy atom. The van der Waals surface area contributed by atoms with Crippen LogP contribution in [0.1, 0.15) is 0 Å². The summed E-state index contributed by atoms with van der Waals surface area (Å²) >= 11 is 15.1. The summed E-state index contributed by atoms with van der Waals surface area (Å²) in [5, 5.41) is 0.186. The fourth-order valence-electron chi connectivity index (χ4n) is 1.35. The molecule has 0 aliphatic carbocycles. The van der Waals surface area contributed by atoms with Crippen LogP contribution in [0.2, 0.25) is 0 Å². The van der Waals surface area contributed by atoms with Crippen molar-refractivity contribution in [2.75, 3.05) is 4.90 Å². The van der Waals surface area contributed by atoms with Crippen molar-refractivity contribution >= 4 is 51.0 Å². The number of hydrogen-bond donors (Lipinski definition) is 0. The van der Waals surface area contributed by atoms with Gasteiger partial charge in [0.25, 0.3) is 0 Å². The minimum absolute atomic E-state index is 0.0604. The summed E-state index contributed by atoms with van der Waals surface area (Å²) in [4.78, 5) is 5.15. The van der Waals surface area contributed by atoms with Crippen LogP contribution >= 0.6 is 39.1 Å². The predicted octanol–water partition coefficient (Wildman–Crippen LogP) is 4.18. The zero-order valence-electron chi connectivity index (χ0n) is 8.17. The molecule has 0 aromatic heterocycles. The Morgan fingerprint density at radius 1 is 1.35 bits per heavy atom. The molecule has 2 nitrogen and oxygen atoms in total. The molecule has 0 saturated heterocycles. The summed E-state index contributed by atoms with van der Waals surface area (Å²) in [6.07, 6.45) is 1.43. The number of allylic oxidation sites excluding steroid dienone is 1. The van der Waals surface area contributed by atoms with E-state index in [0.29, 0.717) is 4.48 Å². The monoisotopic (exact) mass is 340 g/mol. The van der Waals surface area contributed by atoms with Crippen molar-refractivity contribution in [3.8, 4) is 0 Å². The standard InChI is InChI=1S/C10H5BrCl2F2N2/c11-6-4-16-10(13)17(9(6)12)8-2-1-5(14)3-7(8)15/h1-4,10H. The van der Waals surface area contributed by atoms with Crippen molar-refractivity contribution in [3.63, 3.8) is 0 Å². The minimum Gasteiger partial charge on any atom is -0.292 e. The van der Waals surface area contributed by atoms with Crippen LogP contribution in [-0.4, -0.2) is 11.8 Å². The molecule has 0 radical (unpaired) electrons. The van der Waals surface area contributed by atoms with E-state index < -0.39 is 17.3 Å². The molecule has 1 aliphatic heterocycles. The highest BCUT2D eigenvalue weighted by atomic mass is 79.9. The number of aliphatic imine (C=N–C) groups is 1. The van der Waals surface area contributed by atoms with Crippen LogP contribution in [0.3, 0.4) is 0 Å². The Morgan fingerprint density at radius 2 is 2.06 bits per heavy atom. The first kappa shape index (κ1) is 12.8. The molecule has 2 rings (SSSR count). The lowest BCUT2D eigenvalue weighted by Crippen LogP contribution is -2.31. The molecule has 0 bridgehead atoms. The van der Waals surface area contributed by atoms with Gasteiger partial charge in [0.2, 0.25) is 5.62 Å². The first-order valence-corrected chi connectivity index (χ1v) is 6.08. The Kier molecular flexibility index (Phi) is 3.70. The highest BCUT2D eigenvalue weighted by molar-refractivity contribution is 9.12. The molecule has 1 unspecified atom stereocenters. The van der Waals surface area contributed by atoms with Gasteiger partial charge in [0.1, 0.15) is 16.8 Å². The van der Waals surface area contributed by atoms with Crippen LogP contribution in [-0.2, 0) is 0 Å². The Bertz CT molecular complexity index is 519. The van der Waals surface area contributed by atoms with Crippen molar-refractivity contribution in [3.05, 3.63) is 39.5 Å². The molecule has 0 N–H and O–H groups in total. The summed E-state index contributed by atoms with van der Waals surface area (Å²) in [5.74, 6) is -1.43. The quantitative estimate of drug-likeness (QED) is 0.552. The van der Waals surface area contributed by atoms with Gasteiger partial charge in [-0.25, -0.2) is 8.78 Å². The van der Waals surface area contributed by atoms with E-state index in [9.17, 15) is 8.78 Å². The highest BCUT2D eigenvalue weighted by Crippen LogP contribution is 2.34. The normalized spacial score (nSPS) is 20.1. The lowest BCUT2D eigenvalue weighted by molar-refractivity contribution is 0.580. The van der Waals surface area contributed by atoms with Crippen molar-refractivity contribution in [2.24, 2.45) is 4.99 Å². The summed E-state index contributed by atoms with van der Waals surface area (Å²) in [6, 6.07) is 3.14. The van der Waals surface area contributed by atoms with Gasteiger partial charge in [-0.15, -0.1) is 0 Å². The Hall–Kier alpha value is -0.650. The first-order chi connectivity index (χ1) is 8.00. The molecule has 7 heteroatoms. The minimum atomic E-state index is -0.872. The molecule has 90 valence electrons. The molecule has 1 atom stereocenters. The second-order valence-corrected chi connectivity index (χ2v) is 4.80. The lowest BCUT2D eigenvalue weighted by atomic mass is 10.2. The van der Waals surface area contributed by atoms with Gasteiger partial charge in [-0.05, 0) is 28.1 Å². The number of hydrogen-bond acceptors (Lipinski definition) is 2. The largest absolute Gasteiger partial charge is 0.292 e. The molecular weight excluding hydrogens is 337 g/mol. The number of halogens is 5. The van der Waals surface area contributed by atoms with E-state index in [1.807, 2.05) is 0 Å². The predicted molar refractivity (Wildman–Crippen MR) is 68.8 cm³/mol. The van der Waals surface area contributed by atoms with Crippen LogP contribution in [0.4, 0.5) is 14.5 Å². The number of alkyl halides is 1. The summed E-state index contributed by atoms with van der Waals surface area (Å²) < 4.78 is 26.9. The Labute approximate surface area is 115 Å². The maximum absolute atomic E-state index is 13.6. The van der Waals surface area contributed by atoms with Gasteiger partial charge in [-0.2, -0.15) is 0 Å². The first-order valence-electron chi connectivity index (χ1n) is 4.47. The Balaban J connectivity index is 2.49. The number of nitrogens with zero attached hydrogens (tertiary/aromatic N) is 2. The van der Waals surface area contributed by atoms with E-state index in [0.717, 1.165) is 12.1 Å². The number of anilines is 1. The van der Waals surface area contributed by atoms with E-state index in [2.05, 4.69) is 20.9 Å². The highest BCUT2D eigenvalue weighted by Gasteiger charge is 2.26. The second kappa shape index (κ2) is 4.92. The van der Waals surface area contributed by atoms with E-state index >= 15 is 0 Å². The fraction of sp³-hybridized carbons (Fsp3) is 0.100. The molecule has 1 aromatic carbocycles. The van der Waals surface area contributed by atoms with Crippen molar-refractivity contribution in [2.45, 2.75) is 5.62 Å². The van der Waals surface area contributed by atoms with E-state index in [1.165, 1.54) is 17.2 Å². The van der Waals surface area contributed by atoms with Crippen molar-refractivity contribution in [1.29, 1.82) is 0 Å². The van der Waals surface area contributed by atoms with Crippen LogP contribution in [0.5, 0.6) is 0 Å². The van der Waals surface area contributed by atoms with Gasteiger partial charge >= 0.3 is 0 Å². The number of rotatable bonds is 1. The third-order valence-electron chi connectivity index (χ3n) is 2.10. The van der Waals surface area contributed by atoms with Crippen LogP contribution < -0.4 is 4.90 Å². The van der Waals surface area contributed by atoms with Gasteiger partial charge in [-0.1, -0.05) is 23.2 Å². The van der Waals surface area contributed by atoms with Crippen LogP contribution in [0, 0.1) is 11.6 Å². The molecular formula is C10H5BrCl2F2N2. The summed E-state index contributed by atoms with van der Waals surface area (Å²) in [7, 11) is 0. The van der Waals surface area contributed by atoms with Gasteiger partial charge in [0.15, 0.2) is 0 Å². The molecule has 0 saturated carbocycles. The van der Waals surface area contributed by atoms with Crippen LogP contribution in [0.25, 0.3) is 0 Å². The molecule has 1 heterocycles. The summed E-state index contributed by atoms with van der Waals surface area (Å²) in [6.45, 7) is 0.